The van der Waals surface area contributed by atoms with Crippen LogP contribution in [0.15, 0.2) is 47.4 Å². The van der Waals surface area contributed by atoms with Crippen LogP contribution in [0.2, 0.25) is 0 Å². The Hall–Kier alpha value is -2.54. The Morgan fingerprint density at radius 2 is 1.76 bits per heavy atom. The van der Waals surface area contributed by atoms with E-state index in [-0.39, 0.29) is 22.6 Å². The molecule has 0 spiro atoms. The fraction of sp³-hybridized carbons (Fsp3) is 0.409. The predicted octanol–water partition coefficient (Wildman–Crippen LogP) is 4.12. The van der Waals surface area contributed by atoms with Gasteiger partial charge in [0.2, 0.25) is 0 Å². The SMILES string of the molecule is CCc1ccc(NS(=O)(=O)c2cc(C(=O)NC3CCCCC3)ccc2OC)cc1. The maximum Gasteiger partial charge on any atom is 0.265 e. The van der Waals surface area contributed by atoms with E-state index in [9.17, 15) is 13.2 Å². The smallest absolute Gasteiger partial charge is 0.265 e. The van der Waals surface area contributed by atoms with Gasteiger partial charge in [-0.3, -0.25) is 9.52 Å². The molecule has 6 nitrogen and oxygen atoms in total. The molecule has 29 heavy (non-hydrogen) atoms. The fourth-order valence-corrected chi connectivity index (χ4v) is 4.82. The van der Waals surface area contributed by atoms with Gasteiger partial charge in [-0.15, -0.1) is 0 Å². The van der Waals surface area contributed by atoms with Crippen molar-refractivity contribution < 1.29 is 17.9 Å². The summed E-state index contributed by atoms with van der Waals surface area (Å²) in [6.07, 6.45) is 6.20. The Bertz CT molecular complexity index is 949. The number of carbonyl (C=O) groups excluding carboxylic acids is 1. The molecule has 2 aromatic carbocycles. The molecule has 1 amide bonds. The van der Waals surface area contributed by atoms with Crippen LogP contribution in [-0.4, -0.2) is 27.5 Å². The van der Waals surface area contributed by atoms with Gasteiger partial charge in [0.25, 0.3) is 15.9 Å². The molecule has 3 rings (SSSR count). The van der Waals surface area contributed by atoms with Crippen LogP contribution >= 0.6 is 0 Å². The Kier molecular flexibility index (Phi) is 6.79. The minimum absolute atomic E-state index is 0.0594. The van der Waals surface area contributed by atoms with Crippen LogP contribution in [0.1, 0.15) is 54.9 Å². The third kappa shape index (κ3) is 5.29. The van der Waals surface area contributed by atoms with Gasteiger partial charge in [-0.1, -0.05) is 38.3 Å². The van der Waals surface area contributed by atoms with Crippen molar-refractivity contribution in [1.82, 2.24) is 5.32 Å². The summed E-state index contributed by atoms with van der Waals surface area (Å²) >= 11 is 0. The summed E-state index contributed by atoms with van der Waals surface area (Å²) in [5, 5.41) is 3.02. The summed E-state index contributed by atoms with van der Waals surface area (Å²) in [4.78, 5) is 12.6. The maximum absolute atomic E-state index is 13.0. The minimum Gasteiger partial charge on any atom is -0.495 e. The van der Waals surface area contributed by atoms with E-state index in [2.05, 4.69) is 10.0 Å². The van der Waals surface area contributed by atoms with E-state index >= 15 is 0 Å². The number of hydrogen-bond donors (Lipinski definition) is 2. The minimum atomic E-state index is -3.92. The van der Waals surface area contributed by atoms with Crippen molar-refractivity contribution in [2.24, 2.45) is 0 Å². The van der Waals surface area contributed by atoms with Crippen molar-refractivity contribution in [2.45, 2.75) is 56.4 Å². The summed E-state index contributed by atoms with van der Waals surface area (Å²) in [5.41, 5.74) is 1.88. The highest BCUT2D eigenvalue weighted by Gasteiger charge is 2.23. The highest BCUT2D eigenvalue weighted by molar-refractivity contribution is 7.92. The summed E-state index contributed by atoms with van der Waals surface area (Å²) in [6.45, 7) is 2.04. The Labute approximate surface area is 172 Å². The lowest BCUT2D eigenvalue weighted by Gasteiger charge is -2.23. The van der Waals surface area contributed by atoms with E-state index in [1.165, 1.54) is 25.7 Å². The van der Waals surface area contributed by atoms with Gasteiger partial charge in [0.15, 0.2) is 0 Å². The van der Waals surface area contributed by atoms with E-state index in [4.69, 9.17) is 4.74 Å². The molecule has 0 bridgehead atoms. The van der Waals surface area contributed by atoms with Crippen LogP contribution in [0.4, 0.5) is 5.69 Å². The summed E-state index contributed by atoms with van der Waals surface area (Å²) in [6, 6.07) is 11.8. The number of hydrogen-bond acceptors (Lipinski definition) is 4. The number of rotatable bonds is 7. The standard InChI is InChI=1S/C22H28N2O4S/c1-3-16-9-12-19(13-10-16)24-29(26,27)21-15-17(11-14-20(21)28-2)22(25)23-18-7-5-4-6-8-18/h9-15,18,24H,3-8H2,1-2H3,(H,23,25). The molecule has 2 N–H and O–H groups in total. The highest BCUT2D eigenvalue weighted by Crippen LogP contribution is 2.27. The number of amides is 1. The number of ether oxygens (including phenoxy) is 1. The maximum atomic E-state index is 13.0. The quantitative estimate of drug-likeness (QED) is 0.711. The average Bonchev–Trinajstić information content (AvgIpc) is 2.74. The molecule has 0 heterocycles. The van der Waals surface area contributed by atoms with Crippen molar-refractivity contribution in [2.75, 3.05) is 11.8 Å². The Morgan fingerprint density at radius 1 is 1.07 bits per heavy atom. The van der Waals surface area contributed by atoms with Gasteiger partial charge in [0.1, 0.15) is 10.6 Å². The number of nitrogens with one attached hydrogen (secondary N) is 2. The van der Waals surface area contributed by atoms with E-state index in [1.807, 2.05) is 19.1 Å². The molecule has 0 radical (unpaired) electrons. The van der Waals surface area contributed by atoms with Crippen molar-refractivity contribution in [1.29, 1.82) is 0 Å². The van der Waals surface area contributed by atoms with Crippen LogP contribution in [0.25, 0.3) is 0 Å². The van der Waals surface area contributed by atoms with Crippen LogP contribution in [0.3, 0.4) is 0 Å². The lowest BCUT2D eigenvalue weighted by atomic mass is 9.95. The first-order valence-electron chi connectivity index (χ1n) is 10.0. The number of anilines is 1. The van der Waals surface area contributed by atoms with Gasteiger partial charge in [0.05, 0.1) is 7.11 Å². The molecular weight excluding hydrogens is 388 g/mol. The molecule has 0 atom stereocenters. The first-order chi connectivity index (χ1) is 13.9. The molecule has 0 aromatic heterocycles. The molecule has 0 aliphatic heterocycles. The molecule has 2 aromatic rings. The van der Waals surface area contributed by atoms with Crippen LogP contribution in [0.5, 0.6) is 5.75 Å². The third-order valence-electron chi connectivity index (χ3n) is 5.27. The molecule has 1 aliphatic rings. The third-order valence-corrected chi connectivity index (χ3v) is 6.67. The zero-order chi connectivity index (χ0) is 20.9. The second-order valence-corrected chi connectivity index (χ2v) is 8.98. The predicted molar refractivity (Wildman–Crippen MR) is 114 cm³/mol. The van der Waals surface area contributed by atoms with Gasteiger partial charge in [-0.2, -0.15) is 0 Å². The number of methoxy groups -OCH3 is 1. The van der Waals surface area contributed by atoms with Gasteiger partial charge in [-0.25, -0.2) is 8.42 Å². The van der Waals surface area contributed by atoms with Crippen LogP contribution in [-0.2, 0) is 16.4 Å². The molecule has 1 saturated carbocycles. The number of benzene rings is 2. The molecule has 0 saturated heterocycles. The summed E-state index contributed by atoms with van der Waals surface area (Å²) in [7, 11) is -2.51. The topological polar surface area (TPSA) is 84.5 Å². The molecule has 1 fully saturated rings. The highest BCUT2D eigenvalue weighted by atomic mass is 32.2. The van der Waals surface area contributed by atoms with Crippen molar-refractivity contribution in [3.05, 3.63) is 53.6 Å². The van der Waals surface area contributed by atoms with Crippen molar-refractivity contribution in [3.63, 3.8) is 0 Å². The largest absolute Gasteiger partial charge is 0.495 e. The van der Waals surface area contributed by atoms with Crippen LogP contribution in [0, 0.1) is 0 Å². The normalized spacial score (nSPS) is 15.0. The second kappa shape index (κ2) is 9.31. The first kappa shape index (κ1) is 21.2. The molecule has 1 aliphatic carbocycles. The first-order valence-corrected chi connectivity index (χ1v) is 11.5. The van der Waals surface area contributed by atoms with Gasteiger partial charge in [0, 0.05) is 17.3 Å². The second-order valence-electron chi connectivity index (χ2n) is 7.33. The average molecular weight is 417 g/mol. The monoisotopic (exact) mass is 416 g/mol. The van der Waals surface area contributed by atoms with E-state index < -0.39 is 10.0 Å². The summed E-state index contributed by atoms with van der Waals surface area (Å²) < 4.78 is 33.8. The van der Waals surface area contributed by atoms with Crippen molar-refractivity contribution >= 4 is 21.6 Å². The fourth-order valence-electron chi connectivity index (χ4n) is 3.56. The number of carbonyl (C=O) groups is 1. The van der Waals surface area contributed by atoms with Crippen molar-refractivity contribution in [3.8, 4) is 5.75 Å². The molecule has 7 heteroatoms. The van der Waals surface area contributed by atoms with Crippen LogP contribution < -0.4 is 14.8 Å². The Morgan fingerprint density at radius 3 is 2.38 bits per heavy atom. The summed E-state index contributed by atoms with van der Waals surface area (Å²) in [5.74, 6) is -0.0693. The van der Waals surface area contributed by atoms with E-state index in [0.29, 0.717) is 11.3 Å². The zero-order valence-corrected chi connectivity index (χ0v) is 17.7. The molecule has 156 valence electrons. The number of sulfonamides is 1. The Balaban J connectivity index is 1.83. The van der Waals surface area contributed by atoms with Gasteiger partial charge < -0.3 is 10.1 Å². The zero-order valence-electron chi connectivity index (χ0n) is 16.9. The lowest BCUT2D eigenvalue weighted by Crippen LogP contribution is -2.36. The van der Waals surface area contributed by atoms with Gasteiger partial charge in [-0.05, 0) is 55.2 Å². The molecular formula is C22H28N2O4S. The number of aryl methyl sites for hydroxylation is 1. The molecule has 0 unspecified atom stereocenters. The van der Waals surface area contributed by atoms with E-state index in [0.717, 1.165) is 37.7 Å². The van der Waals surface area contributed by atoms with E-state index in [1.54, 1.807) is 18.2 Å². The lowest BCUT2D eigenvalue weighted by molar-refractivity contribution is 0.0927. The van der Waals surface area contributed by atoms with Gasteiger partial charge >= 0.3 is 0 Å².